The summed E-state index contributed by atoms with van der Waals surface area (Å²) in [4.78, 5) is 0. The van der Waals surface area contributed by atoms with Gasteiger partial charge in [0.15, 0.2) is 6.29 Å². The lowest BCUT2D eigenvalue weighted by atomic mass is 9.89. The molecule has 0 aliphatic rings. The summed E-state index contributed by atoms with van der Waals surface area (Å²) in [5.41, 5.74) is 6.39. The molecule has 2 unspecified atom stereocenters. The summed E-state index contributed by atoms with van der Waals surface area (Å²) in [5.74, 6) is 0.720. The van der Waals surface area contributed by atoms with Crippen molar-refractivity contribution in [1.82, 2.24) is 0 Å². The van der Waals surface area contributed by atoms with E-state index in [1.807, 2.05) is 0 Å². The van der Waals surface area contributed by atoms with Gasteiger partial charge in [0.25, 0.3) is 0 Å². The standard InChI is InChI=1S/C38H79NO2.BrH/c1-4-6-8-10-12-14-16-18-20-22-24-26-28-30-32-37(34-38(39)35-41-36(3)40)33-31-29-27-25-23-21-19-17-15-13-11-9-7-5-2;/h36-38,40H,4-35,39H2,1-3H3;1H. The molecule has 42 heavy (non-hydrogen) atoms. The van der Waals surface area contributed by atoms with Gasteiger partial charge in [-0.2, -0.15) is 0 Å². The minimum atomic E-state index is -0.712. The summed E-state index contributed by atoms with van der Waals surface area (Å²) in [5, 5.41) is 9.45. The third-order valence-corrected chi connectivity index (χ3v) is 9.12. The van der Waals surface area contributed by atoms with Gasteiger partial charge < -0.3 is 15.6 Å². The molecule has 0 rings (SSSR count). The van der Waals surface area contributed by atoms with E-state index in [9.17, 15) is 5.11 Å². The number of nitrogens with two attached hydrogens (primary N) is 1. The molecule has 2 atom stereocenters. The maximum atomic E-state index is 9.45. The summed E-state index contributed by atoms with van der Waals surface area (Å²) in [7, 11) is 0. The van der Waals surface area contributed by atoms with Crippen LogP contribution in [0.5, 0.6) is 0 Å². The zero-order chi connectivity index (χ0) is 30.1. The maximum absolute atomic E-state index is 9.45. The van der Waals surface area contributed by atoms with E-state index >= 15 is 0 Å². The first-order chi connectivity index (χ1) is 20.1. The van der Waals surface area contributed by atoms with Gasteiger partial charge in [0, 0.05) is 6.04 Å². The van der Waals surface area contributed by atoms with Gasteiger partial charge in [-0.05, 0) is 19.3 Å². The molecule has 0 amide bonds. The van der Waals surface area contributed by atoms with Crippen molar-refractivity contribution in [2.24, 2.45) is 11.7 Å². The Morgan fingerprint density at radius 3 is 1.00 bits per heavy atom. The van der Waals surface area contributed by atoms with Crippen LogP contribution >= 0.6 is 17.0 Å². The van der Waals surface area contributed by atoms with E-state index in [2.05, 4.69) is 13.8 Å². The topological polar surface area (TPSA) is 55.5 Å². The molecular weight excluding hydrogens is 582 g/mol. The van der Waals surface area contributed by atoms with Crippen LogP contribution in [-0.4, -0.2) is 24.0 Å². The Balaban J connectivity index is 0. The zero-order valence-electron chi connectivity index (χ0n) is 29.2. The molecule has 0 aliphatic carbocycles. The van der Waals surface area contributed by atoms with Crippen molar-refractivity contribution < 1.29 is 9.84 Å². The summed E-state index contributed by atoms with van der Waals surface area (Å²) < 4.78 is 5.39. The van der Waals surface area contributed by atoms with Gasteiger partial charge in [-0.25, -0.2) is 0 Å². The van der Waals surface area contributed by atoms with E-state index in [0.29, 0.717) is 6.61 Å². The first-order valence-electron chi connectivity index (χ1n) is 19.1. The molecule has 0 aromatic heterocycles. The Labute approximate surface area is 276 Å². The lowest BCUT2D eigenvalue weighted by Crippen LogP contribution is -2.30. The Morgan fingerprint density at radius 2 is 0.738 bits per heavy atom. The van der Waals surface area contributed by atoms with Gasteiger partial charge in [0.2, 0.25) is 0 Å². The number of unbranched alkanes of at least 4 members (excludes halogenated alkanes) is 26. The Kier molecular flexibility index (Phi) is 39.8. The van der Waals surface area contributed by atoms with Gasteiger partial charge in [0.1, 0.15) is 0 Å². The van der Waals surface area contributed by atoms with Gasteiger partial charge in [0.05, 0.1) is 6.61 Å². The van der Waals surface area contributed by atoms with Crippen molar-refractivity contribution in [3.63, 3.8) is 0 Å². The molecular formula is C38H80BrNO2. The quantitative estimate of drug-likeness (QED) is 0.0524. The molecule has 4 heteroatoms. The van der Waals surface area contributed by atoms with Crippen molar-refractivity contribution in [3.05, 3.63) is 0 Å². The second-order valence-electron chi connectivity index (χ2n) is 13.6. The van der Waals surface area contributed by atoms with E-state index < -0.39 is 6.29 Å². The molecule has 0 fully saturated rings. The van der Waals surface area contributed by atoms with E-state index in [4.69, 9.17) is 10.5 Å². The molecule has 0 aliphatic heterocycles. The average Bonchev–Trinajstić information content (AvgIpc) is 2.96. The second kappa shape index (κ2) is 37.5. The van der Waals surface area contributed by atoms with Crippen molar-refractivity contribution >= 4 is 17.0 Å². The molecule has 0 saturated carbocycles. The number of hydrogen-bond acceptors (Lipinski definition) is 3. The summed E-state index contributed by atoms with van der Waals surface area (Å²) in [6.45, 7) is 6.75. The summed E-state index contributed by atoms with van der Waals surface area (Å²) >= 11 is 0. The summed E-state index contributed by atoms with van der Waals surface area (Å²) in [6, 6.07) is 0.0490. The van der Waals surface area contributed by atoms with Gasteiger partial charge in [-0.1, -0.05) is 206 Å². The fourth-order valence-corrected chi connectivity index (χ4v) is 6.39. The molecule has 0 spiro atoms. The van der Waals surface area contributed by atoms with Crippen LogP contribution in [0.25, 0.3) is 0 Å². The van der Waals surface area contributed by atoms with Crippen LogP contribution < -0.4 is 5.73 Å². The Morgan fingerprint density at radius 1 is 0.476 bits per heavy atom. The number of rotatable bonds is 35. The minimum absolute atomic E-state index is 0. The van der Waals surface area contributed by atoms with Crippen molar-refractivity contribution in [1.29, 1.82) is 0 Å². The molecule has 256 valence electrons. The first kappa shape index (κ1) is 44.5. The highest BCUT2D eigenvalue weighted by atomic mass is 79.9. The number of ether oxygens (including phenoxy) is 1. The molecule has 0 bridgehead atoms. The zero-order valence-corrected chi connectivity index (χ0v) is 30.9. The highest BCUT2D eigenvalue weighted by Crippen LogP contribution is 2.24. The van der Waals surface area contributed by atoms with Crippen LogP contribution in [0.4, 0.5) is 0 Å². The number of aliphatic hydroxyl groups excluding tert-OH is 1. The lowest BCUT2D eigenvalue weighted by molar-refractivity contribution is -0.0902. The normalized spacial score (nSPS) is 13.0. The van der Waals surface area contributed by atoms with E-state index in [0.717, 1.165) is 12.3 Å². The molecule has 3 N–H and O–H groups in total. The SMILES string of the molecule is Br.CCCCCCCCCCCCCCCCC(CCCCCCCCCCCCCCCC)CC(N)COC(C)O. The molecule has 0 aromatic rings. The van der Waals surface area contributed by atoms with Crippen molar-refractivity contribution in [3.8, 4) is 0 Å². The second-order valence-corrected chi connectivity index (χ2v) is 13.6. The number of halogens is 1. The van der Waals surface area contributed by atoms with Crippen LogP contribution in [0.3, 0.4) is 0 Å². The van der Waals surface area contributed by atoms with Crippen LogP contribution in [0.2, 0.25) is 0 Å². The smallest absolute Gasteiger partial charge is 0.151 e. The molecule has 3 nitrogen and oxygen atoms in total. The van der Waals surface area contributed by atoms with E-state index in [-0.39, 0.29) is 23.0 Å². The van der Waals surface area contributed by atoms with Gasteiger partial charge >= 0.3 is 0 Å². The monoisotopic (exact) mass is 662 g/mol. The Hall–Kier alpha value is 0.360. The number of aliphatic hydroxyl groups is 1. The third kappa shape index (κ3) is 36.6. The van der Waals surface area contributed by atoms with E-state index in [1.165, 1.54) is 193 Å². The summed E-state index contributed by atoms with van der Waals surface area (Å²) in [6.07, 6.45) is 42.8. The molecule has 0 heterocycles. The van der Waals surface area contributed by atoms with Crippen molar-refractivity contribution in [2.75, 3.05) is 6.61 Å². The lowest BCUT2D eigenvalue weighted by Gasteiger charge is -2.22. The Bertz CT molecular complexity index is 444. The van der Waals surface area contributed by atoms with E-state index in [1.54, 1.807) is 6.92 Å². The predicted octanol–water partition coefficient (Wildman–Crippen LogP) is 13.0. The largest absolute Gasteiger partial charge is 0.368 e. The van der Waals surface area contributed by atoms with Crippen LogP contribution in [-0.2, 0) is 4.74 Å². The van der Waals surface area contributed by atoms with Gasteiger partial charge in [-0.15, -0.1) is 17.0 Å². The van der Waals surface area contributed by atoms with Crippen molar-refractivity contribution in [2.45, 2.75) is 232 Å². The molecule has 0 radical (unpaired) electrons. The number of hydrogen-bond donors (Lipinski definition) is 2. The predicted molar refractivity (Wildman–Crippen MR) is 194 cm³/mol. The van der Waals surface area contributed by atoms with Crippen LogP contribution in [0.15, 0.2) is 0 Å². The highest BCUT2D eigenvalue weighted by molar-refractivity contribution is 8.93. The molecule has 0 aromatic carbocycles. The average molecular weight is 663 g/mol. The fraction of sp³-hybridized carbons (Fsp3) is 1.00. The van der Waals surface area contributed by atoms with Gasteiger partial charge in [-0.3, -0.25) is 0 Å². The van der Waals surface area contributed by atoms with Crippen LogP contribution in [0.1, 0.15) is 220 Å². The fourth-order valence-electron chi connectivity index (χ4n) is 6.39. The first-order valence-corrected chi connectivity index (χ1v) is 19.1. The molecule has 0 saturated heterocycles. The minimum Gasteiger partial charge on any atom is -0.368 e. The van der Waals surface area contributed by atoms with Crippen LogP contribution in [0, 0.1) is 5.92 Å². The third-order valence-electron chi connectivity index (χ3n) is 9.12. The highest BCUT2D eigenvalue weighted by Gasteiger charge is 2.14. The maximum Gasteiger partial charge on any atom is 0.151 e.